The number of hydrogen-bond acceptors (Lipinski definition) is 4. The quantitative estimate of drug-likeness (QED) is 0.849. The molecule has 110 valence electrons. The molecule has 1 aliphatic heterocycles. The number of pyridine rings is 1. The number of piperazine rings is 1. The summed E-state index contributed by atoms with van der Waals surface area (Å²) in [5.74, 6) is 1.74. The Balaban J connectivity index is 1.68. The summed E-state index contributed by atoms with van der Waals surface area (Å²) in [6.45, 7) is 6.77. The van der Waals surface area contributed by atoms with Crippen LogP contribution in [0.2, 0.25) is 0 Å². The van der Waals surface area contributed by atoms with Gasteiger partial charge in [-0.05, 0) is 26.0 Å². The van der Waals surface area contributed by atoms with Crippen LogP contribution in [0, 0.1) is 13.8 Å². The molecule has 2 aromatic rings. The zero-order chi connectivity index (χ0) is 14.8. The minimum Gasteiger partial charge on any atom is -0.469 e. The highest BCUT2D eigenvalue weighted by atomic mass is 16.3. The molecule has 1 fully saturated rings. The summed E-state index contributed by atoms with van der Waals surface area (Å²) in [6, 6.07) is 5.90. The first-order chi connectivity index (χ1) is 10.2. The third kappa shape index (κ3) is 2.63. The summed E-state index contributed by atoms with van der Waals surface area (Å²) in [6.07, 6.45) is 3.44. The monoisotopic (exact) mass is 285 g/mol. The van der Waals surface area contributed by atoms with Crippen molar-refractivity contribution in [3.8, 4) is 0 Å². The second-order valence-corrected chi connectivity index (χ2v) is 5.32. The number of amides is 1. The second kappa shape index (κ2) is 5.60. The van der Waals surface area contributed by atoms with Crippen molar-refractivity contribution in [1.29, 1.82) is 0 Å². The molecule has 21 heavy (non-hydrogen) atoms. The van der Waals surface area contributed by atoms with E-state index in [1.807, 2.05) is 36.9 Å². The fraction of sp³-hybridized carbons (Fsp3) is 0.375. The second-order valence-electron chi connectivity index (χ2n) is 5.32. The van der Waals surface area contributed by atoms with Gasteiger partial charge >= 0.3 is 0 Å². The van der Waals surface area contributed by atoms with Crippen LogP contribution in [-0.2, 0) is 0 Å². The van der Waals surface area contributed by atoms with Gasteiger partial charge in [0.2, 0.25) is 0 Å². The first-order valence-electron chi connectivity index (χ1n) is 7.17. The van der Waals surface area contributed by atoms with Crippen molar-refractivity contribution in [2.75, 3.05) is 31.1 Å². The van der Waals surface area contributed by atoms with E-state index in [4.69, 9.17) is 4.42 Å². The molecular formula is C16H19N3O2. The van der Waals surface area contributed by atoms with E-state index < -0.39 is 0 Å². The van der Waals surface area contributed by atoms with Gasteiger partial charge in [0.25, 0.3) is 5.91 Å². The maximum Gasteiger partial charge on any atom is 0.257 e. The lowest BCUT2D eigenvalue weighted by molar-refractivity contribution is 0.0744. The first-order valence-corrected chi connectivity index (χ1v) is 7.17. The van der Waals surface area contributed by atoms with Crippen LogP contribution in [0.5, 0.6) is 0 Å². The van der Waals surface area contributed by atoms with E-state index in [0.717, 1.165) is 24.5 Å². The normalized spacial score (nSPS) is 15.3. The first kappa shape index (κ1) is 13.7. The van der Waals surface area contributed by atoms with Gasteiger partial charge in [-0.3, -0.25) is 4.79 Å². The molecule has 0 unspecified atom stereocenters. The number of anilines is 1. The van der Waals surface area contributed by atoms with Crippen LogP contribution in [0.4, 0.5) is 5.82 Å². The standard InChI is InChI=1S/C16H19N3O2/c1-12-11-21-13(2)15(12)16(20)19-9-7-18(8-10-19)14-5-3-4-6-17-14/h3-6,11H,7-10H2,1-2H3. The molecule has 0 aliphatic carbocycles. The topological polar surface area (TPSA) is 49.6 Å². The SMILES string of the molecule is Cc1coc(C)c1C(=O)N1CCN(c2ccccn2)CC1. The van der Waals surface area contributed by atoms with Crippen molar-refractivity contribution in [2.45, 2.75) is 13.8 Å². The van der Waals surface area contributed by atoms with Crippen molar-refractivity contribution in [3.05, 3.63) is 47.5 Å². The lowest BCUT2D eigenvalue weighted by Crippen LogP contribution is -2.49. The van der Waals surface area contributed by atoms with Gasteiger partial charge in [-0.1, -0.05) is 6.07 Å². The molecule has 0 N–H and O–H groups in total. The molecule has 1 aliphatic rings. The zero-order valence-corrected chi connectivity index (χ0v) is 12.4. The van der Waals surface area contributed by atoms with Crippen LogP contribution in [0.1, 0.15) is 21.7 Å². The lowest BCUT2D eigenvalue weighted by atomic mass is 10.1. The Hall–Kier alpha value is -2.30. The van der Waals surface area contributed by atoms with Crippen molar-refractivity contribution >= 4 is 11.7 Å². The molecule has 0 saturated carbocycles. The smallest absolute Gasteiger partial charge is 0.257 e. The molecular weight excluding hydrogens is 266 g/mol. The third-order valence-corrected chi connectivity index (χ3v) is 3.91. The number of carbonyl (C=O) groups is 1. The van der Waals surface area contributed by atoms with Gasteiger partial charge in [-0.25, -0.2) is 4.98 Å². The van der Waals surface area contributed by atoms with Crippen molar-refractivity contribution in [2.24, 2.45) is 0 Å². The number of carbonyl (C=O) groups excluding carboxylic acids is 1. The summed E-state index contributed by atoms with van der Waals surface area (Å²) >= 11 is 0. The highest BCUT2D eigenvalue weighted by Gasteiger charge is 2.26. The minimum atomic E-state index is 0.0689. The Morgan fingerprint density at radius 1 is 1.19 bits per heavy atom. The third-order valence-electron chi connectivity index (χ3n) is 3.91. The predicted molar refractivity (Wildman–Crippen MR) is 80.5 cm³/mol. The molecule has 0 radical (unpaired) electrons. The predicted octanol–water partition coefficient (Wildman–Crippen LogP) is 2.25. The molecule has 0 bridgehead atoms. The molecule has 0 spiro atoms. The van der Waals surface area contributed by atoms with Gasteiger partial charge in [-0.15, -0.1) is 0 Å². The molecule has 3 rings (SSSR count). The van der Waals surface area contributed by atoms with E-state index in [0.29, 0.717) is 24.4 Å². The van der Waals surface area contributed by atoms with Gasteiger partial charge < -0.3 is 14.2 Å². The van der Waals surface area contributed by atoms with Gasteiger partial charge in [0, 0.05) is 37.9 Å². The molecule has 5 heteroatoms. The number of aromatic nitrogens is 1. The van der Waals surface area contributed by atoms with Crippen molar-refractivity contribution < 1.29 is 9.21 Å². The van der Waals surface area contributed by atoms with E-state index >= 15 is 0 Å². The molecule has 3 heterocycles. The van der Waals surface area contributed by atoms with Gasteiger partial charge in [0.05, 0.1) is 11.8 Å². The molecule has 5 nitrogen and oxygen atoms in total. The molecule has 2 aromatic heterocycles. The number of rotatable bonds is 2. The van der Waals surface area contributed by atoms with Crippen molar-refractivity contribution in [3.63, 3.8) is 0 Å². The number of nitrogens with zero attached hydrogens (tertiary/aromatic N) is 3. The number of aryl methyl sites for hydroxylation is 2. The Kier molecular flexibility index (Phi) is 3.64. The van der Waals surface area contributed by atoms with E-state index in [-0.39, 0.29) is 5.91 Å². The average molecular weight is 285 g/mol. The summed E-state index contributed by atoms with van der Waals surface area (Å²) in [5.41, 5.74) is 1.62. The summed E-state index contributed by atoms with van der Waals surface area (Å²) in [4.78, 5) is 21.0. The van der Waals surface area contributed by atoms with Gasteiger partial charge in [-0.2, -0.15) is 0 Å². The van der Waals surface area contributed by atoms with E-state index in [2.05, 4.69) is 9.88 Å². The van der Waals surface area contributed by atoms with E-state index in [1.165, 1.54) is 0 Å². The molecule has 0 atom stereocenters. The van der Waals surface area contributed by atoms with Crippen LogP contribution in [0.3, 0.4) is 0 Å². The number of hydrogen-bond donors (Lipinski definition) is 0. The fourth-order valence-electron chi connectivity index (χ4n) is 2.73. The molecule has 1 amide bonds. The molecule has 0 aromatic carbocycles. The largest absolute Gasteiger partial charge is 0.469 e. The van der Waals surface area contributed by atoms with Gasteiger partial charge in [0.15, 0.2) is 0 Å². The fourth-order valence-corrected chi connectivity index (χ4v) is 2.73. The summed E-state index contributed by atoms with van der Waals surface area (Å²) in [7, 11) is 0. The van der Waals surface area contributed by atoms with E-state index in [1.54, 1.807) is 12.5 Å². The van der Waals surface area contributed by atoms with E-state index in [9.17, 15) is 4.79 Å². The van der Waals surface area contributed by atoms with Crippen molar-refractivity contribution in [1.82, 2.24) is 9.88 Å². The lowest BCUT2D eigenvalue weighted by Gasteiger charge is -2.35. The van der Waals surface area contributed by atoms with Crippen LogP contribution < -0.4 is 4.90 Å². The summed E-state index contributed by atoms with van der Waals surface area (Å²) < 4.78 is 5.33. The average Bonchev–Trinajstić information content (AvgIpc) is 2.87. The Morgan fingerprint density at radius 2 is 1.95 bits per heavy atom. The Bertz CT molecular complexity index is 609. The summed E-state index contributed by atoms with van der Waals surface area (Å²) in [5, 5.41) is 0. The minimum absolute atomic E-state index is 0.0689. The van der Waals surface area contributed by atoms with Crippen LogP contribution in [0.25, 0.3) is 0 Å². The Morgan fingerprint density at radius 3 is 2.52 bits per heavy atom. The van der Waals surface area contributed by atoms with Crippen LogP contribution >= 0.6 is 0 Å². The van der Waals surface area contributed by atoms with Crippen LogP contribution in [0.15, 0.2) is 35.1 Å². The maximum atomic E-state index is 12.6. The van der Waals surface area contributed by atoms with Gasteiger partial charge in [0.1, 0.15) is 11.6 Å². The van der Waals surface area contributed by atoms with Crippen LogP contribution in [-0.4, -0.2) is 42.0 Å². The maximum absolute atomic E-state index is 12.6. The Labute approximate surface area is 124 Å². The molecule has 1 saturated heterocycles. The highest BCUT2D eigenvalue weighted by Crippen LogP contribution is 2.20. The zero-order valence-electron chi connectivity index (χ0n) is 12.4. The number of furan rings is 1. The highest BCUT2D eigenvalue weighted by molar-refractivity contribution is 5.96.